The number of benzene rings is 1. The molecule has 0 bridgehead atoms. The normalized spacial score (nSPS) is 14.3. The Morgan fingerprint density at radius 3 is 2.85 bits per heavy atom. The largest absolute Gasteiger partial charge is 0.350 e. The number of nitrogens with zero attached hydrogens (tertiary/aromatic N) is 2. The van der Waals surface area contributed by atoms with Gasteiger partial charge < -0.3 is 14.8 Å². The van der Waals surface area contributed by atoms with Gasteiger partial charge in [-0.3, -0.25) is 9.59 Å². The summed E-state index contributed by atoms with van der Waals surface area (Å²) in [6.45, 7) is 3.28. The van der Waals surface area contributed by atoms with E-state index in [4.69, 9.17) is 0 Å². The zero-order valence-corrected chi connectivity index (χ0v) is 16.4. The number of nitrogens with one attached hydrogen (secondary N) is 1. The molecule has 0 atom stereocenters. The highest BCUT2D eigenvalue weighted by atomic mass is 32.1. The fourth-order valence-corrected chi connectivity index (χ4v) is 4.50. The second-order valence-corrected chi connectivity index (χ2v) is 8.04. The van der Waals surface area contributed by atoms with E-state index in [0.717, 1.165) is 35.0 Å². The van der Waals surface area contributed by atoms with Gasteiger partial charge in [0.25, 0.3) is 5.91 Å². The molecule has 140 valence electrons. The van der Waals surface area contributed by atoms with Crippen LogP contribution in [-0.2, 0) is 18.3 Å². The molecular formula is C21H23N3O2S. The first-order valence-corrected chi connectivity index (χ1v) is 10.1. The highest BCUT2D eigenvalue weighted by molar-refractivity contribution is 7.09. The first-order valence-electron chi connectivity index (χ1n) is 9.26. The van der Waals surface area contributed by atoms with Crippen molar-refractivity contribution in [1.82, 2.24) is 9.88 Å². The van der Waals surface area contributed by atoms with Gasteiger partial charge in [0.2, 0.25) is 5.91 Å². The number of hydrogen-bond donors (Lipinski definition) is 1. The first kappa shape index (κ1) is 17.8. The number of thiophene rings is 1. The van der Waals surface area contributed by atoms with Crippen molar-refractivity contribution in [3.05, 3.63) is 51.8 Å². The number of rotatable bonds is 5. The molecule has 4 rings (SSSR count). The number of hydrogen-bond acceptors (Lipinski definition) is 3. The summed E-state index contributed by atoms with van der Waals surface area (Å²) >= 11 is 1.69. The van der Waals surface area contributed by atoms with Crippen molar-refractivity contribution in [3.63, 3.8) is 0 Å². The Morgan fingerprint density at radius 1 is 1.30 bits per heavy atom. The molecule has 0 spiro atoms. The summed E-state index contributed by atoms with van der Waals surface area (Å²) in [6, 6.07) is 10.2. The average molecular weight is 382 g/mol. The van der Waals surface area contributed by atoms with Gasteiger partial charge >= 0.3 is 0 Å². The van der Waals surface area contributed by atoms with Gasteiger partial charge in [-0.2, -0.15) is 0 Å². The second kappa shape index (κ2) is 7.19. The molecule has 1 aromatic carbocycles. The van der Waals surface area contributed by atoms with Crippen LogP contribution in [0.5, 0.6) is 0 Å². The predicted molar refractivity (Wildman–Crippen MR) is 110 cm³/mol. The van der Waals surface area contributed by atoms with Crippen LogP contribution in [0.2, 0.25) is 0 Å². The zero-order valence-electron chi connectivity index (χ0n) is 15.6. The maximum atomic E-state index is 13.1. The summed E-state index contributed by atoms with van der Waals surface area (Å²) in [5.41, 5.74) is 3.41. The fourth-order valence-electron chi connectivity index (χ4n) is 3.79. The molecule has 3 heterocycles. The number of anilines is 1. The molecule has 0 unspecified atom stereocenters. The van der Waals surface area contributed by atoms with Gasteiger partial charge in [0.15, 0.2) is 0 Å². The SMILES string of the molecule is Cc1ccc2c(c1)c(N1CCCC1=O)c(C(=O)NCCc1cccs1)n2C. The minimum atomic E-state index is -0.127. The molecule has 2 amide bonds. The van der Waals surface area contributed by atoms with Crippen LogP contribution in [0.25, 0.3) is 10.9 Å². The third kappa shape index (κ3) is 3.25. The van der Waals surface area contributed by atoms with E-state index in [9.17, 15) is 9.59 Å². The van der Waals surface area contributed by atoms with Crippen molar-refractivity contribution >= 4 is 39.7 Å². The maximum Gasteiger partial charge on any atom is 0.270 e. The minimum Gasteiger partial charge on any atom is -0.350 e. The molecule has 1 aliphatic rings. The standard InChI is InChI=1S/C21H23N3O2S/c1-14-7-8-17-16(13-14)19(24-11-3-6-18(24)25)20(23(17)2)21(26)22-10-9-15-5-4-12-27-15/h4-5,7-8,12-13H,3,6,9-11H2,1-2H3,(H,22,26). The summed E-state index contributed by atoms with van der Waals surface area (Å²) in [6.07, 6.45) is 2.19. The van der Waals surface area contributed by atoms with E-state index < -0.39 is 0 Å². The van der Waals surface area contributed by atoms with Crippen LogP contribution in [-0.4, -0.2) is 29.5 Å². The van der Waals surface area contributed by atoms with Crippen LogP contribution in [0.4, 0.5) is 5.69 Å². The molecule has 27 heavy (non-hydrogen) atoms. The minimum absolute atomic E-state index is 0.0941. The monoisotopic (exact) mass is 381 g/mol. The van der Waals surface area contributed by atoms with E-state index >= 15 is 0 Å². The third-order valence-electron chi connectivity index (χ3n) is 5.12. The highest BCUT2D eigenvalue weighted by Gasteiger charge is 2.31. The van der Waals surface area contributed by atoms with Crippen LogP contribution >= 0.6 is 11.3 Å². The van der Waals surface area contributed by atoms with Crippen LogP contribution in [0.3, 0.4) is 0 Å². The predicted octanol–water partition coefficient (Wildman–Crippen LogP) is 3.65. The Bertz CT molecular complexity index is 1000. The summed E-state index contributed by atoms with van der Waals surface area (Å²) in [4.78, 5) is 28.5. The molecule has 1 saturated heterocycles. The molecule has 5 nitrogen and oxygen atoms in total. The van der Waals surface area contributed by atoms with E-state index in [2.05, 4.69) is 17.4 Å². The zero-order chi connectivity index (χ0) is 19.0. The smallest absolute Gasteiger partial charge is 0.270 e. The maximum absolute atomic E-state index is 13.1. The van der Waals surface area contributed by atoms with E-state index in [-0.39, 0.29) is 11.8 Å². The molecule has 2 aromatic heterocycles. The molecule has 0 radical (unpaired) electrons. The van der Waals surface area contributed by atoms with Crippen molar-refractivity contribution in [2.24, 2.45) is 7.05 Å². The lowest BCUT2D eigenvalue weighted by Gasteiger charge is -2.18. The lowest BCUT2D eigenvalue weighted by atomic mass is 10.1. The van der Waals surface area contributed by atoms with E-state index in [0.29, 0.717) is 25.2 Å². The summed E-state index contributed by atoms with van der Waals surface area (Å²) in [5.74, 6) is -0.0331. The second-order valence-electron chi connectivity index (χ2n) is 7.01. The molecular weight excluding hydrogens is 358 g/mol. The van der Waals surface area contributed by atoms with Gasteiger partial charge in [-0.15, -0.1) is 11.3 Å². The van der Waals surface area contributed by atoms with Gasteiger partial charge in [-0.05, 0) is 43.3 Å². The van der Waals surface area contributed by atoms with Gasteiger partial charge in [0, 0.05) is 36.8 Å². The van der Waals surface area contributed by atoms with E-state index in [1.165, 1.54) is 4.88 Å². The Balaban J connectivity index is 1.70. The topological polar surface area (TPSA) is 54.3 Å². The number of aryl methyl sites for hydroxylation is 2. The number of amides is 2. The van der Waals surface area contributed by atoms with Gasteiger partial charge in [-0.25, -0.2) is 0 Å². The molecule has 3 aromatic rings. The number of aromatic nitrogens is 1. The number of fused-ring (bicyclic) bond motifs is 1. The van der Waals surface area contributed by atoms with Crippen LogP contribution in [0.1, 0.15) is 33.8 Å². The van der Waals surface area contributed by atoms with Crippen LogP contribution in [0, 0.1) is 6.92 Å². The molecule has 1 fully saturated rings. The lowest BCUT2D eigenvalue weighted by Crippen LogP contribution is -2.31. The number of carbonyl (C=O) groups is 2. The van der Waals surface area contributed by atoms with Crippen molar-refractivity contribution in [1.29, 1.82) is 0 Å². The highest BCUT2D eigenvalue weighted by Crippen LogP contribution is 2.36. The first-order chi connectivity index (χ1) is 13.1. The molecule has 0 aliphatic carbocycles. The molecule has 1 aliphatic heterocycles. The van der Waals surface area contributed by atoms with Crippen molar-refractivity contribution in [3.8, 4) is 0 Å². The third-order valence-corrected chi connectivity index (χ3v) is 6.06. The lowest BCUT2D eigenvalue weighted by molar-refractivity contribution is -0.117. The Hall–Kier alpha value is -2.60. The van der Waals surface area contributed by atoms with Gasteiger partial charge in [-0.1, -0.05) is 17.7 Å². The average Bonchev–Trinajstić information content (AvgIpc) is 3.35. The molecule has 6 heteroatoms. The van der Waals surface area contributed by atoms with Crippen LogP contribution in [0.15, 0.2) is 35.7 Å². The van der Waals surface area contributed by atoms with Gasteiger partial charge in [0.05, 0.1) is 11.2 Å². The summed E-state index contributed by atoms with van der Waals surface area (Å²) in [5, 5.41) is 6.05. The van der Waals surface area contributed by atoms with E-state index in [1.807, 2.05) is 42.1 Å². The van der Waals surface area contributed by atoms with Crippen molar-refractivity contribution in [2.45, 2.75) is 26.2 Å². The van der Waals surface area contributed by atoms with Gasteiger partial charge in [0.1, 0.15) is 5.69 Å². The summed E-state index contributed by atoms with van der Waals surface area (Å²) in [7, 11) is 1.90. The summed E-state index contributed by atoms with van der Waals surface area (Å²) < 4.78 is 1.91. The Labute approximate surface area is 162 Å². The quantitative estimate of drug-likeness (QED) is 0.733. The fraction of sp³-hybridized carbons (Fsp3) is 0.333. The molecule has 0 saturated carbocycles. The van der Waals surface area contributed by atoms with Crippen molar-refractivity contribution in [2.75, 3.05) is 18.0 Å². The Morgan fingerprint density at radius 2 is 2.15 bits per heavy atom. The molecule has 1 N–H and O–H groups in total. The van der Waals surface area contributed by atoms with E-state index in [1.54, 1.807) is 16.2 Å². The Kier molecular flexibility index (Phi) is 4.74. The van der Waals surface area contributed by atoms with Crippen LogP contribution < -0.4 is 10.2 Å². The van der Waals surface area contributed by atoms with Crippen molar-refractivity contribution < 1.29 is 9.59 Å². The number of carbonyl (C=O) groups excluding carboxylic acids is 2.